The summed E-state index contributed by atoms with van der Waals surface area (Å²) in [6.45, 7) is 3.51. The van der Waals surface area contributed by atoms with E-state index in [1.165, 1.54) is 0 Å². The van der Waals surface area contributed by atoms with Crippen molar-refractivity contribution in [2.45, 2.75) is 13.0 Å². The summed E-state index contributed by atoms with van der Waals surface area (Å²) in [6.07, 6.45) is 0. The molecule has 0 aliphatic carbocycles. The Morgan fingerprint density at radius 1 is 1.38 bits per heavy atom. The summed E-state index contributed by atoms with van der Waals surface area (Å²) in [5.41, 5.74) is 1.14. The van der Waals surface area contributed by atoms with Crippen molar-refractivity contribution in [1.82, 2.24) is 9.80 Å². The largest absolute Gasteiger partial charge is 0.323 e. The summed E-state index contributed by atoms with van der Waals surface area (Å²) in [5, 5.41) is 0.725. The van der Waals surface area contributed by atoms with E-state index >= 15 is 0 Å². The Kier molecular flexibility index (Phi) is 3.06. The van der Waals surface area contributed by atoms with E-state index < -0.39 is 0 Å². The van der Waals surface area contributed by atoms with Crippen LogP contribution in [-0.4, -0.2) is 36.0 Å². The maximum absolute atomic E-state index is 11.8. The molecule has 0 spiro atoms. The molecule has 1 unspecified atom stereocenters. The van der Waals surface area contributed by atoms with Crippen molar-refractivity contribution < 1.29 is 4.79 Å². The SMILES string of the molecule is CCN1CC(c2ccc(Cl)cc2)N(C)C1=O. The van der Waals surface area contributed by atoms with E-state index in [1.807, 2.05) is 43.1 Å². The van der Waals surface area contributed by atoms with Gasteiger partial charge < -0.3 is 9.80 Å². The minimum absolute atomic E-state index is 0.0995. The van der Waals surface area contributed by atoms with E-state index in [0.717, 1.165) is 23.7 Å². The molecule has 0 aromatic heterocycles. The number of halogens is 1. The number of rotatable bonds is 2. The molecule has 0 bridgehead atoms. The molecule has 2 amide bonds. The molecule has 4 heteroatoms. The first-order valence-electron chi connectivity index (χ1n) is 5.40. The van der Waals surface area contributed by atoms with Crippen molar-refractivity contribution in [3.8, 4) is 0 Å². The Bertz CT molecular complexity index is 391. The quantitative estimate of drug-likeness (QED) is 0.777. The topological polar surface area (TPSA) is 23.6 Å². The molecule has 2 rings (SSSR count). The number of benzene rings is 1. The number of nitrogens with zero attached hydrogens (tertiary/aromatic N) is 2. The average Bonchev–Trinajstić information content (AvgIpc) is 2.57. The van der Waals surface area contributed by atoms with Crippen LogP contribution >= 0.6 is 11.6 Å². The molecule has 1 aromatic carbocycles. The summed E-state index contributed by atoms with van der Waals surface area (Å²) in [7, 11) is 1.84. The highest BCUT2D eigenvalue weighted by Gasteiger charge is 2.34. The molecule has 1 aliphatic heterocycles. The number of likely N-dealkylation sites (N-methyl/N-ethyl adjacent to an activating group) is 2. The molecule has 1 aromatic rings. The lowest BCUT2D eigenvalue weighted by Gasteiger charge is -2.17. The van der Waals surface area contributed by atoms with Gasteiger partial charge in [-0.1, -0.05) is 23.7 Å². The maximum atomic E-state index is 11.8. The normalized spacial score (nSPS) is 20.7. The highest BCUT2D eigenvalue weighted by atomic mass is 35.5. The predicted octanol–water partition coefficient (Wildman–Crippen LogP) is 2.77. The van der Waals surface area contributed by atoms with Crippen molar-refractivity contribution >= 4 is 17.6 Å². The number of hydrogen-bond donors (Lipinski definition) is 0. The van der Waals surface area contributed by atoms with Crippen molar-refractivity contribution in [2.75, 3.05) is 20.1 Å². The monoisotopic (exact) mass is 238 g/mol. The Hall–Kier alpha value is -1.22. The van der Waals surface area contributed by atoms with Crippen LogP contribution in [0.5, 0.6) is 0 Å². The van der Waals surface area contributed by atoms with Crippen LogP contribution in [0, 0.1) is 0 Å². The average molecular weight is 239 g/mol. The van der Waals surface area contributed by atoms with Gasteiger partial charge in [0.1, 0.15) is 0 Å². The maximum Gasteiger partial charge on any atom is 0.320 e. The summed E-state index contributed by atoms with van der Waals surface area (Å²) in [6, 6.07) is 7.94. The summed E-state index contributed by atoms with van der Waals surface area (Å²) < 4.78 is 0. The van der Waals surface area contributed by atoms with Crippen LogP contribution in [0.2, 0.25) is 5.02 Å². The van der Waals surface area contributed by atoms with E-state index in [2.05, 4.69) is 0 Å². The van der Waals surface area contributed by atoms with Crippen LogP contribution in [0.15, 0.2) is 24.3 Å². The van der Waals surface area contributed by atoms with Crippen LogP contribution < -0.4 is 0 Å². The zero-order chi connectivity index (χ0) is 11.7. The number of urea groups is 1. The van der Waals surface area contributed by atoms with Gasteiger partial charge in [-0.25, -0.2) is 4.79 Å². The minimum atomic E-state index is 0.0995. The van der Waals surface area contributed by atoms with Gasteiger partial charge in [0.2, 0.25) is 0 Å². The number of hydrogen-bond acceptors (Lipinski definition) is 1. The standard InChI is InChI=1S/C12H15ClN2O/c1-3-15-8-11(14(2)12(15)16)9-4-6-10(13)7-5-9/h4-7,11H,3,8H2,1-2H3. The second-order valence-corrected chi connectivity index (χ2v) is 4.44. The molecule has 1 fully saturated rings. The first kappa shape index (κ1) is 11.3. The molecule has 1 heterocycles. The van der Waals surface area contributed by atoms with Crippen molar-refractivity contribution in [3.63, 3.8) is 0 Å². The second-order valence-electron chi connectivity index (χ2n) is 4.00. The lowest BCUT2D eigenvalue weighted by Crippen LogP contribution is -2.29. The van der Waals surface area contributed by atoms with Gasteiger partial charge in [-0.15, -0.1) is 0 Å². The number of carbonyl (C=O) groups is 1. The molecular weight excluding hydrogens is 224 g/mol. The van der Waals surface area contributed by atoms with Crippen LogP contribution in [-0.2, 0) is 0 Å². The Morgan fingerprint density at radius 2 is 2.00 bits per heavy atom. The fourth-order valence-electron chi connectivity index (χ4n) is 2.04. The first-order chi connectivity index (χ1) is 7.63. The predicted molar refractivity (Wildman–Crippen MR) is 64.6 cm³/mol. The van der Waals surface area contributed by atoms with Crippen molar-refractivity contribution in [3.05, 3.63) is 34.9 Å². The summed E-state index contributed by atoms with van der Waals surface area (Å²) in [4.78, 5) is 15.4. The van der Waals surface area contributed by atoms with Crippen LogP contribution in [0.4, 0.5) is 4.79 Å². The Labute approximate surface area is 101 Å². The smallest absolute Gasteiger partial charge is 0.320 e. The zero-order valence-corrected chi connectivity index (χ0v) is 10.2. The molecule has 1 aliphatic rings. The zero-order valence-electron chi connectivity index (χ0n) is 9.48. The molecule has 16 heavy (non-hydrogen) atoms. The summed E-state index contributed by atoms with van der Waals surface area (Å²) >= 11 is 5.85. The Morgan fingerprint density at radius 3 is 2.50 bits per heavy atom. The van der Waals surface area contributed by atoms with Crippen LogP contribution in [0.25, 0.3) is 0 Å². The van der Waals surface area contributed by atoms with Crippen molar-refractivity contribution in [2.24, 2.45) is 0 Å². The van der Waals surface area contributed by atoms with Gasteiger partial charge in [0, 0.05) is 25.2 Å². The van der Waals surface area contributed by atoms with Crippen LogP contribution in [0.1, 0.15) is 18.5 Å². The minimum Gasteiger partial charge on any atom is -0.323 e. The molecule has 0 radical (unpaired) electrons. The number of amides is 2. The van der Waals surface area contributed by atoms with E-state index in [0.29, 0.717) is 0 Å². The van der Waals surface area contributed by atoms with Crippen LogP contribution in [0.3, 0.4) is 0 Å². The van der Waals surface area contributed by atoms with Gasteiger partial charge in [-0.2, -0.15) is 0 Å². The molecule has 1 saturated heterocycles. The fourth-order valence-corrected chi connectivity index (χ4v) is 2.17. The first-order valence-corrected chi connectivity index (χ1v) is 5.78. The van der Waals surface area contributed by atoms with E-state index in [9.17, 15) is 4.79 Å². The van der Waals surface area contributed by atoms with Gasteiger partial charge in [-0.3, -0.25) is 0 Å². The molecule has 3 nitrogen and oxygen atoms in total. The number of carbonyl (C=O) groups excluding carboxylic acids is 1. The van der Waals surface area contributed by atoms with E-state index in [-0.39, 0.29) is 12.1 Å². The third-order valence-corrected chi connectivity index (χ3v) is 3.32. The fraction of sp³-hybridized carbons (Fsp3) is 0.417. The third kappa shape index (κ3) is 1.87. The highest BCUT2D eigenvalue weighted by molar-refractivity contribution is 6.30. The van der Waals surface area contributed by atoms with Gasteiger partial charge in [-0.05, 0) is 24.6 Å². The van der Waals surface area contributed by atoms with Gasteiger partial charge in [0.15, 0.2) is 0 Å². The second kappa shape index (κ2) is 4.34. The molecule has 1 atom stereocenters. The highest BCUT2D eigenvalue weighted by Crippen LogP contribution is 2.28. The molecule has 0 N–H and O–H groups in total. The molecule has 0 saturated carbocycles. The van der Waals surface area contributed by atoms with Crippen molar-refractivity contribution in [1.29, 1.82) is 0 Å². The van der Waals surface area contributed by atoms with Gasteiger partial charge >= 0.3 is 6.03 Å². The lowest BCUT2D eigenvalue weighted by atomic mass is 10.1. The van der Waals surface area contributed by atoms with Gasteiger partial charge in [0.25, 0.3) is 0 Å². The summed E-state index contributed by atoms with van der Waals surface area (Å²) in [5.74, 6) is 0. The van der Waals surface area contributed by atoms with Gasteiger partial charge in [0.05, 0.1) is 6.04 Å². The Balaban J connectivity index is 2.23. The third-order valence-electron chi connectivity index (χ3n) is 3.07. The lowest BCUT2D eigenvalue weighted by molar-refractivity contribution is 0.197. The van der Waals surface area contributed by atoms with E-state index in [4.69, 9.17) is 11.6 Å². The molecule has 86 valence electrons. The van der Waals surface area contributed by atoms with E-state index in [1.54, 1.807) is 4.90 Å². The molecular formula is C12H15ClN2O.